The number of nitrogens with zero attached hydrogens (tertiary/aromatic N) is 5. The maximum Gasteiger partial charge on any atom is 0.274 e. The average molecular weight is 345 g/mol. The topological polar surface area (TPSA) is 62.2 Å². The van der Waals surface area contributed by atoms with Crippen LogP contribution < -0.4 is 4.90 Å². The minimum absolute atomic E-state index is 0.0222. The van der Waals surface area contributed by atoms with Gasteiger partial charge in [0.05, 0.1) is 29.6 Å². The lowest BCUT2D eigenvalue weighted by atomic mass is 10.2. The van der Waals surface area contributed by atoms with E-state index in [-0.39, 0.29) is 5.91 Å². The number of hydrogen-bond donors (Lipinski definition) is 0. The standard InChI is InChI=1S/C17H23N5OS/c1-12(2)16-19-13(11-24-16)10-21(3)15-9-18-8-14(20-15)17(23)22-6-4-5-7-22/h8-9,11-12H,4-7,10H2,1-3H3. The van der Waals surface area contributed by atoms with Crippen molar-refractivity contribution < 1.29 is 4.79 Å². The molecule has 1 aliphatic rings. The molecule has 0 N–H and O–H groups in total. The van der Waals surface area contributed by atoms with Crippen molar-refractivity contribution in [2.45, 2.75) is 39.2 Å². The molecule has 0 aliphatic carbocycles. The first-order valence-corrected chi connectivity index (χ1v) is 9.19. The van der Waals surface area contributed by atoms with Gasteiger partial charge in [-0.15, -0.1) is 11.3 Å². The zero-order valence-electron chi connectivity index (χ0n) is 14.4. The molecule has 0 radical (unpaired) electrons. The number of carbonyl (C=O) groups excluding carboxylic acids is 1. The van der Waals surface area contributed by atoms with Crippen molar-refractivity contribution in [3.05, 3.63) is 34.2 Å². The Morgan fingerprint density at radius 3 is 2.71 bits per heavy atom. The molecule has 1 saturated heterocycles. The molecule has 128 valence electrons. The Hall–Kier alpha value is -2.02. The van der Waals surface area contributed by atoms with Gasteiger partial charge in [0.25, 0.3) is 5.91 Å². The SMILES string of the molecule is CC(C)c1nc(CN(C)c2cncc(C(=O)N3CCCC3)n2)cs1. The van der Waals surface area contributed by atoms with E-state index in [1.54, 1.807) is 23.7 Å². The highest BCUT2D eigenvalue weighted by molar-refractivity contribution is 7.09. The summed E-state index contributed by atoms with van der Waals surface area (Å²) < 4.78 is 0. The van der Waals surface area contributed by atoms with E-state index in [1.165, 1.54) is 0 Å². The maximum atomic E-state index is 12.5. The van der Waals surface area contributed by atoms with Crippen LogP contribution in [0.15, 0.2) is 17.8 Å². The third kappa shape index (κ3) is 3.72. The highest BCUT2D eigenvalue weighted by Gasteiger charge is 2.21. The van der Waals surface area contributed by atoms with Crippen LogP contribution in [0.4, 0.5) is 5.82 Å². The molecule has 1 amide bonds. The van der Waals surface area contributed by atoms with E-state index in [0.29, 0.717) is 24.0 Å². The summed E-state index contributed by atoms with van der Waals surface area (Å²) in [4.78, 5) is 29.6. The molecule has 2 aromatic heterocycles. The number of carbonyl (C=O) groups is 1. The fourth-order valence-electron chi connectivity index (χ4n) is 2.71. The Labute approximate surface area is 146 Å². The summed E-state index contributed by atoms with van der Waals surface area (Å²) in [6.45, 7) is 6.57. The Morgan fingerprint density at radius 1 is 1.29 bits per heavy atom. The van der Waals surface area contributed by atoms with Crippen LogP contribution in [-0.2, 0) is 6.54 Å². The summed E-state index contributed by atoms with van der Waals surface area (Å²) in [6.07, 6.45) is 5.38. The van der Waals surface area contributed by atoms with Gasteiger partial charge in [-0.3, -0.25) is 9.78 Å². The molecule has 0 unspecified atom stereocenters. The highest BCUT2D eigenvalue weighted by atomic mass is 32.1. The van der Waals surface area contributed by atoms with Gasteiger partial charge in [-0.05, 0) is 12.8 Å². The minimum atomic E-state index is -0.0222. The van der Waals surface area contributed by atoms with Gasteiger partial charge in [-0.25, -0.2) is 9.97 Å². The fraction of sp³-hybridized carbons (Fsp3) is 0.529. The van der Waals surface area contributed by atoms with Crippen molar-refractivity contribution >= 4 is 23.1 Å². The van der Waals surface area contributed by atoms with Crippen molar-refractivity contribution in [3.8, 4) is 0 Å². The molecule has 0 aromatic carbocycles. The van der Waals surface area contributed by atoms with Gasteiger partial charge in [0.2, 0.25) is 0 Å². The van der Waals surface area contributed by atoms with Gasteiger partial charge in [0, 0.05) is 31.4 Å². The Bertz CT molecular complexity index is 709. The second kappa shape index (κ2) is 7.25. The molecule has 0 saturated carbocycles. The Morgan fingerprint density at radius 2 is 2.04 bits per heavy atom. The predicted octanol–water partition coefficient (Wildman–Crippen LogP) is 2.93. The fourth-order valence-corrected chi connectivity index (χ4v) is 3.54. The summed E-state index contributed by atoms with van der Waals surface area (Å²) in [5.74, 6) is 1.11. The van der Waals surface area contributed by atoms with E-state index in [2.05, 4.69) is 34.2 Å². The van der Waals surface area contributed by atoms with Crippen molar-refractivity contribution in [3.63, 3.8) is 0 Å². The molecule has 7 heteroatoms. The molecule has 0 bridgehead atoms. The molecular formula is C17H23N5OS. The quantitative estimate of drug-likeness (QED) is 0.834. The zero-order valence-corrected chi connectivity index (χ0v) is 15.2. The number of rotatable bonds is 5. The third-order valence-electron chi connectivity index (χ3n) is 4.09. The van der Waals surface area contributed by atoms with Crippen LogP contribution in [0.2, 0.25) is 0 Å². The molecule has 1 fully saturated rings. The molecule has 3 rings (SSSR count). The van der Waals surface area contributed by atoms with Crippen LogP contribution in [0.5, 0.6) is 0 Å². The number of aromatic nitrogens is 3. The summed E-state index contributed by atoms with van der Waals surface area (Å²) in [5.41, 5.74) is 1.44. The number of anilines is 1. The van der Waals surface area contributed by atoms with Crippen molar-refractivity contribution in [1.29, 1.82) is 0 Å². The average Bonchev–Trinajstić information content (AvgIpc) is 3.26. The molecule has 6 nitrogen and oxygen atoms in total. The number of likely N-dealkylation sites (tertiary alicyclic amines) is 1. The monoisotopic (exact) mass is 345 g/mol. The van der Waals surface area contributed by atoms with E-state index in [1.807, 2.05) is 16.8 Å². The third-order valence-corrected chi connectivity index (χ3v) is 5.28. The lowest BCUT2D eigenvalue weighted by Crippen LogP contribution is -2.29. The molecular weight excluding hydrogens is 322 g/mol. The molecule has 0 atom stereocenters. The number of hydrogen-bond acceptors (Lipinski definition) is 6. The summed E-state index contributed by atoms with van der Waals surface area (Å²) in [7, 11) is 1.95. The summed E-state index contributed by atoms with van der Waals surface area (Å²) in [6, 6.07) is 0. The van der Waals surface area contributed by atoms with E-state index in [9.17, 15) is 4.79 Å². The van der Waals surface area contributed by atoms with Gasteiger partial charge in [0.1, 0.15) is 11.5 Å². The second-order valence-corrected chi connectivity index (χ2v) is 7.34. The minimum Gasteiger partial charge on any atom is -0.352 e. The first-order chi connectivity index (χ1) is 11.5. The second-order valence-electron chi connectivity index (χ2n) is 6.45. The molecule has 2 aromatic rings. The largest absolute Gasteiger partial charge is 0.352 e. The zero-order chi connectivity index (χ0) is 17.1. The van der Waals surface area contributed by atoms with E-state index in [0.717, 1.165) is 36.6 Å². The van der Waals surface area contributed by atoms with Crippen LogP contribution in [0.3, 0.4) is 0 Å². The lowest BCUT2D eigenvalue weighted by Gasteiger charge is -2.18. The van der Waals surface area contributed by atoms with E-state index < -0.39 is 0 Å². The van der Waals surface area contributed by atoms with Crippen LogP contribution in [-0.4, -0.2) is 45.9 Å². The molecule has 24 heavy (non-hydrogen) atoms. The molecule has 1 aliphatic heterocycles. The van der Waals surface area contributed by atoms with Gasteiger partial charge in [0.15, 0.2) is 0 Å². The van der Waals surface area contributed by atoms with E-state index >= 15 is 0 Å². The van der Waals surface area contributed by atoms with Gasteiger partial charge in [-0.1, -0.05) is 13.8 Å². The van der Waals surface area contributed by atoms with Crippen LogP contribution in [0.25, 0.3) is 0 Å². The van der Waals surface area contributed by atoms with Crippen LogP contribution in [0.1, 0.15) is 53.8 Å². The first kappa shape index (κ1) is 16.8. The van der Waals surface area contributed by atoms with Crippen molar-refractivity contribution in [2.75, 3.05) is 25.0 Å². The van der Waals surface area contributed by atoms with Gasteiger partial charge < -0.3 is 9.80 Å². The summed E-state index contributed by atoms with van der Waals surface area (Å²) >= 11 is 1.69. The van der Waals surface area contributed by atoms with Gasteiger partial charge >= 0.3 is 0 Å². The number of amides is 1. The lowest BCUT2D eigenvalue weighted by molar-refractivity contribution is 0.0786. The smallest absolute Gasteiger partial charge is 0.274 e. The first-order valence-electron chi connectivity index (χ1n) is 8.31. The Balaban J connectivity index is 1.71. The molecule has 3 heterocycles. The van der Waals surface area contributed by atoms with E-state index in [4.69, 9.17) is 0 Å². The van der Waals surface area contributed by atoms with Gasteiger partial charge in [-0.2, -0.15) is 0 Å². The summed E-state index contributed by atoms with van der Waals surface area (Å²) in [5, 5.41) is 3.22. The van der Waals surface area contributed by atoms with Crippen LogP contribution in [0, 0.1) is 0 Å². The Kier molecular flexibility index (Phi) is 5.08. The van der Waals surface area contributed by atoms with Crippen molar-refractivity contribution in [2.24, 2.45) is 0 Å². The highest BCUT2D eigenvalue weighted by Crippen LogP contribution is 2.21. The van der Waals surface area contributed by atoms with Crippen LogP contribution >= 0.6 is 11.3 Å². The van der Waals surface area contributed by atoms with Crippen molar-refractivity contribution in [1.82, 2.24) is 19.9 Å². The predicted molar refractivity (Wildman–Crippen MR) is 95.5 cm³/mol. The maximum absolute atomic E-state index is 12.5. The normalized spacial score (nSPS) is 14.4. The number of thiazole rings is 1. The molecule has 0 spiro atoms.